The molecule has 0 bridgehead atoms. The van der Waals surface area contributed by atoms with E-state index < -0.39 is 5.97 Å². The van der Waals surface area contributed by atoms with Crippen molar-refractivity contribution in [1.29, 1.82) is 0 Å². The Labute approximate surface area is 161 Å². The molecule has 0 aliphatic heterocycles. The number of ether oxygens (including phenoxy) is 2. The van der Waals surface area contributed by atoms with Gasteiger partial charge in [-0.25, -0.2) is 14.8 Å². The molecular formula is C22H17N3O3. The van der Waals surface area contributed by atoms with E-state index in [9.17, 15) is 4.79 Å². The van der Waals surface area contributed by atoms with Crippen molar-refractivity contribution < 1.29 is 14.3 Å². The first-order chi connectivity index (χ1) is 13.8. The van der Waals surface area contributed by atoms with Gasteiger partial charge in [-0.05, 0) is 48.5 Å². The highest BCUT2D eigenvalue weighted by atomic mass is 16.6. The van der Waals surface area contributed by atoms with E-state index >= 15 is 0 Å². The Bertz CT molecular complexity index is 1080. The van der Waals surface area contributed by atoms with Crippen LogP contribution >= 0.6 is 0 Å². The van der Waals surface area contributed by atoms with Gasteiger partial charge in [0.1, 0.15) is 23.6 Å². The zero-order chi connectivity index (χ0) is 19.2. The summed E-state index contributed by atoms with van der Waals surface area (Å²) in [5, 5.41) is 4.19. The molecule has 0 atom stereocenters. The second-order valence-corrected chi connectivity index (χ2v) is 5.96. The summed E-state index contributed by atoms with van der Waals surface area (Å²) in [5.41, 5.74) is 1.69. The number of carbonyl (C=O) groups is 1. The summed E-state index contributed by atoms with van der Waals surface area (Å²) in [5.74, 6) is 1.31. The van der Waals surface area contributed by atoms with E-state index in [-0.39, 0.29) is 6.61 Å². The number of rotatable bonds is 6. The Morgan fingerprint density at radius 3 is 2.39 bits per heavy atom. The van der Waals surface area contributed by atoms with E-state index in [0.29, 0.717) is 17.3 Å². The lowest BCUT2D eigenvalue weighted by Crippen LogP contribution is -2.17. The predicted molar refractivity (Wildman–Crippen MR) is 107 cm³/mol. The summed E-state index contributed by atoms with van der Waals surface area (Å²) in [6.07, 6.45) is 1.52. The van der Waals surface area contributed by atoms with Gasteiger partial charge in [0, 0.05) is 11.1 Å². The van der Waals surface area contributed by atoms with E-state index in [4.69, 9.17) is 9.47 Å². The fourth-order valence-corrected chi connectivity index (χ4v) is 2.67. The number of hydrogen-bond donors (Lipinski definition) is 1. The first kappa shape index (κ1) is 17.5. The van der Waals surface area contributed by atoms with Crippen LogP contribution in [0.25, 0.3) is 10.9 Å². The van der Waals surface area contributed by atoms with Crippen LogP contribution in [-0.2, 0) is 4.79 Å². The van der Waals surface area contributed by atoms with Crippen molar-refractivity contribution >= 4 is 28.4 Å². The highest BCUT2D eigenvalue weighted by Gasteiger charge is 2.07. The van der Waals surface area contributed by atoms with Crippen molar-refractivity contribution in [2.24, 2.45) is 0 Å². The zero-order valence-corrected chi connectivity index (χ0v) is 14.9. The standard InChI is InChI=1S/C22H17N3O3/c26-21(14-27-17-6-2-1-3-7-17)28-18-12-10-16(11-13-18)25-22-19-8-4-5-9-20(19)23-15-24-22/h1-13,15H,14H2,(H,23,24,25). The van der Waals surface area contributed by atoms with Gasteiger partial charge in [-0.15, -0.1) is 0 Å². The minimum absolute atomic E-state index is 0.156. The number of fused-ring (bicyclic) bond motifs is 1. The number of anilines is 2. The molecule has 28 heavy (non-hydrogen) atoms. The van der Waals surface area contributed by atoms with Crippen LogP contribution < -0.4 is 14.8 Å². The number of esters is 1. The number of para-hydroxylation sites is 2. The second-order valence-electron chi connectivity index (χ2n) is 5.96. The van der Waals surface area contributed by atoms with Crippen LogP contribution in [0, 0.1) is 0 Å². The number of nitrogens with zero attached hydrogens (tertiary/aromatic N) is 2. The molecule has 0 aliphatic carbocycles. The molecule has 0 aliphatic rings. The highest BCUT2D eigenvalue weighted by molar-refractivity contribution is 5.90. The molecule has 1 N–H and O–H groups in total. The number of carbonyl (C=O) groups excluding carboxylic acids is 1. The average Bonchev–Trinajstić information content (AvgIpc) is 2.75. The van der Waals surface area contributed by atoms with E-state index in [0.717, 1.165) is 16.6 Å². The summed E-state index contributed by atoms with van der Waals surface area (Å²) >= 11 is 0. The molecule has 1 heterocycles. The summed E-state index contributed by atoms with van der Waals surface area (Å²) in [4.78, 5) is 20.5. The van der Waals surface area contributed by atoms with E-state index in [2.05, 4.69) is 15.3 Å². The minimum Gasteiger partial charge on any atom is -0.482 e. The number of hydrogen-bond acceptors (Lipinski definition) is 6. The monoisotopic (exact) mass is 371 g/mol. The normalized spacial score (nSPS) is 10.4. The topological polar surface area (TPSA) is 73.3 Å². The van der Waals surface area contributed by atoms with Gasteiger partial charge in [0.05, 0.1) is 5.52 Å². The average molecular weight is 371 g/mol. The summed E-state index contributed by atoms with van der Waals surface area (Å²) in [6.45, 7) is -0.156. The zero-order valence-electron chi connectivity index (χ0n) is 14.9. The second kappa shape index (κ2) is 8.18. The third kappa shape index (κ3) is 4.24. The van der Waals surface area contributed by atoms with Gasteiger partial charge in [0.15, 0.2) is 6.61 Å². The van der Waals surface area contributed by atoms with Gasteiger partial charge in [-0.1, -0.05) is 30.3 Å². The maximum absolute atomic E-state index is 11.9. The molecular weight excluding hydrogens is 354 g/mol. The molecule has 6 nitrogen and oxygen atoms in total. The van der Waals surface area contributed by atoms with Crippen LogP contribution in [0.2, 0.25) is 0 Å². The molecule has 0 saturated carbocycles. The SMILES string of the molecule is O=C(COc1ccccc1)Oc1ccc(Nc2ncnc3ccccc23)cc1. The number of aromatic nitrogens is 2. The smallest absolute Gasteiger partial charge is 0.349 e. The van der Waals surface area contributed by atoms with Crippen molar-refractivity contribution in [3.05, 3.63) is 85.2 Å². The maximum atomic E-state index is 11.9. The van der Waals surface area contributed by atoms with Crippen LogP contribution in [-0.4, -0.2) is 22.5 Å². The summed E-state index contributed by atoms with van der Waals surface area (Å²) in [7, 11) is 0. The Balaban J connectivity index is 1.37. The van der Waals surface area contributed by atoms with E-state index in [1.165, 1.54) is 6.33 Å². The van der Waals surface area contributed by atoms with Crippen molar-refractivity contribution in [2.45, 2.75) is 0 Å². The predicted octanol–water partition coefficient (Wildman–Crippen LogP) is 4.36. The molecule has 6 heteroatoms. The quantitative estimate of drug-likeness (QED) is 0.401. The Kier molecular flexibility index (Phi) is 5.11. The van der Waals surface area contributed by atoms with Crippen LogP contribution in [0.15, 0.2) is 85.2 Å². The van der Waals surface area contributed by atoms with Crippen molar-refractivity contribution in [3.63, 3.8) is 0 Å². The molecule has 0 amide bonds. The van der Waals surface area contributed by atoms with Gasteiger partial charge in [-0.3, -0.25) is 0 Å². The van der Waals surface area contributed by atoms with E-state index in [1.807, 2.05) is 54.6 Å². The number of benzene rings is 3. The van der Waals surface area contributed by atoms with Crippen LogP contribution in [0.5, 0.6) is 11.5 Å². The lowest BCUT2D eigenvalue weighted by molar-refractivity contribution is -0.136. The van der Waals surface area contributed by atoms with Gasteiger partial charge in [-0.2, -0.15) is 0 Å². The van der Waals surface area contributed by atoms with Crippen LogP contribution in [0.1, 0.15) is 0 Å². The summed E-state index contributed by atoms with van der Waals surface area (Å²) in [6, 6.07) is 24.0. The van der Waals surface area contributed by atoms with Crippen molar-refractivity contribution in [3.8, 4) is 11.5 Å². The molecule has 0 spiro atoms. The fourth-order valence-electron chi connectivity index (χ4n) is 2.67. The molecule has 4 rings (SSSR count). The third-order valence-corrected chi connectivity index (χ3v) is 3.99. The van der Waals surface area contributed by atoms with Crippen LogP contribution in [0.3, 0.4) is 0 Å². The maximum Gasteiger partial charge on any atom is 0.349 e. The van der Waals surface area contributed by atoms with E-state index in [1.54, 1.807) is 24.3 Å². The molecule has 0 radical (unpaired) electrons. The Morgan fingerprint density at radius 2 is 1.57 bits per heavy atom. The van der Waals surface area contributed by atoms with Crippen molar-refractivity contribution in [1.82, 2.24) is 9.97 Å². The Morgan fingerprint density at radius 1 is 0.821 bits per heavy atom. The molecule has 0 unspecified atom stereocenters. The number of nitrogens with one attached hydrogen (secondary N) is 1. The lowest BCUT2D eigenvalue weighted by Gasteiger charge is -2.10. The highest BCUT2D eigenvalue weighted by Crippen LogP contribution is 2.24. The molecule has 1 aromatic heterocycles. The molecule has 0 fully saturated rings. The minimum atomic E-state index is -0.466. The van der Waals surface area contributed by atoms with Crippen molar-refractivity contribution in [2.75, 3.05) is 11.9 Å². The third-order valence-electron chi connectivity index (χ3n) is 3.99. The molecule has 0 saturated heterocycles. The molecule has 138 valence electrons. The van der Waals surface area contributed by atoms with Gasteiger partial charge in [0.2, 0.25) is 0 Å². The van der Waals surface area contributed by atoms with Crippen LogP contribution in [0.4, 0.5) is 11.5 Å². The fraction of sp³-hybridized carbons (Fsp3) is 0.0455. The summed E-state index contributed by atoms with van der Waals surface area (Å²) < 4.78 is 10.7. The van der Waals surface area contributed by atoms with Gasteiger partial charge in [0.25, 0.3) is 0 Å². The van der Waals surface area contributed by atoms with Gasteiger partial charge >= 0.3 is 5.97 Å². The molecule has 3 aromatic carbocycles. The Hall–Kier alpha value is -3.93. The first-order valence-electron chi connectivity index (χ1n) is 8.73. The first-order valence-corrected chi connectivity index (χ1v) is 8.73. The van der Waals surface area contributed by atoms with Gasteiger partial charge < -0.3 is 14.8 Å². The molecule has 4 aromatic rings. The lowest BCUT2D eigenvalue weighted by atomic mass is 10.2. The largest absolute Gasteiger partial charge is 0.482 e.